The van der Waals surface area contributed by atoms with Crippen LogP contribution in [0, 0.1) is 0 Å². The maximum atomic E-state index is 13.0. The van der Waals surface area contributed by atoms with Crippen molar-refractivity contribution in [3.8, 4) is 11.5 Å². The first-order valence-corrected chi connectivity index (χ1v) is 10.1. The average Bonchev–Trinajstić information content (AvgIpc) is 3.16. The number of nitrogens with one attached hydrogen (secondary N) is 1. The van der Waals surface area contributed by atoms with Gasteiger partial charge in [-0.15, -0.1) is 10.2 Å². The number of hydrogen-bond donors (Lipinski definition) is 1. The highest BCUT2D eigenvalue weighted by Gasteiger charge is 2.31. The summed E-state index contributed by atoms with van der Waals surface area (Å²) in [5, 5.41) is 10.7. The maximum absolute atomic E-state index is 13.0. The highest BCUT2D eigenvalue weighted by atomic mass is 32.2. The second kappa shape index (κ2) is 8.68. The molecule has 158 valence electrons. The smallest absolute Gasteiger partial charge is 0.417 e. The number of carbonyl (C=O) groups is 1. The monoisotopic (exact) mass is 444 g/mol. The molecule has 6 nitrogen and oxygen atoms in total. The molecule has 4 aromatic rings. The molecule has 0 saturated heterocycles. The standard InChI is InChI=1S/C21H15F3N4O2S/c22-21(23,24)14-10-11-18-26-27-20(28(18)12-14)31-13-19(29)25-16-8-4-5-9-17(16)30-15-6-2-1-3-7-15/h1-12H,13H2,(H,25,29). The van der Waals surface area contributed by atoms with Gasteiger partial charge in [-0.1, -0.05) is 42.1 Å². The van der Waals surface area contributed by atoms with Crippen LogP contribution in [0.5, 0.6) is 11.5 Å². The predicted molar refractivity (Wildman–Crippen MR) is 110 cm³/mol. The second-order valence-electron chi connectivity index (χ2n) is 6.37. The van der Waals surface area contributed by atoms with Crippen molar-refractivity contribution in [3.63, 3.8) is 0 Å². The van der Waals surface area contributed by atoms with Crippen LogP contribution in [-0.4, -0.2) is 26.3 Å². The van der Waals surface area contributed by atoms with E-state index in [4.69, 9.17) is 4.74 Å². The number of halogens is 3. The lowest BCUT2D eigenvalue weighted by atomic mass is 10.3. The summed E-state index contributed by atoms with van der Waals surface area (Å²) >= 11 is 0.982. The van der Waals surface area contributed by atoms with Crippen molar-refractivity contribution in [2.45, 2.75) is 11.3 Å². The lowest BCUT2D eigenvalue weighted by molar-refractivity contribution is -0.137. The van der Waals surface area contributed by atoms with Crippen molar-refractivity contribution in [1.29, 1.82) is 0 Å². The van der Waals surface area contributed by atoms with Crippen molar-refractivity contribution in [2.24, 2.45) is 0 Å². The zero-order valence-electron chi connectivity index (χ0n) is 15.8. The van der Waals surface area contributed by atoms with E-state index in [2.05, 4.69) is 15.5 Å². The fraction of sp³-hybridized carbons (Fsp3) is 0.0952. The van der Waals surface area contributed by atoms with E-state index in [1.807, 2.05) is 18.2 Å². The van der Waals surface area contributed by atoms with Crippen LogP contribution in [0.1, 0.15) is 5.56 Å². The van der Waals surface area contributed by atoms with Gasteiger partial charge >= 0.3 is 6.18 Å². The van der Waals surface area contributed by atoms with Crippen molar-refractivity contribution in [1.82, 2.24) is 14.6 Å². The van der Waals surface area contributed by atoms with Crippen molar-refractivity contribution in [2.75, 3.05) is 11.1 Å². The molecule has 1 amide bonds. The second-order valence-corrected chi connectivity index (χ2v) is 7.32. The summed E-state index contributed by atoms with van der Waals surface area (Å²) in [4.78, 5) is 12.4. The Kier molecular flexibility index (Phi) is 5.81. The summed E-state index contributed by atoms with van der Waals surface area (Å²) < 4.78 is 45.9. The van der Waals surface area contributed by atoms with Gasteiger partial charge in [0.15, 0.2) is 16.6 Å². The van der Waals surface area contributed by atoms with Crippen LogP contribution in [0.3, 0.4) is 0 Å². The van der Waals surface area contributed by atoms with E-state index in [-0.39, 0.29) is 22.5 Å². The van der Waals surface area contributed by atoms with Gasteiger partial charge in [-0.05, 0) is 36.4 Å². The molecule has 0 aliphatic carbocycles. The number of fused-ring (bicyclic) bond motifs is 1. The summed E-state index contributed by atoms with van der Waals surface area (Å²) in [6.07, 6.45) is -3.57. The van der Waals surface area contributed by atoms with Gasteiger partial charge in [-0.2, -0.15) is 13.2 Å². The van der Waals surface area contributed by atoms with Gasteiger partial charge in [0.1, 0.15) is 5.75 Å². The third kappa shape index (κ3) is 4.97. The SMILES string of the molecule is O=C(CSc1nnc2ccc(C(F)(F)F)cn12)Nc1ccccc1Oc1ccccc1. The van der Waals surface area contributed by atoms with Crippen LogP contribution in [0.2, 0.25) is 0 Å². The molecule has 31 heavy (non-hydrogen) atoms. The first kappa shape index (κ1) is 20.7. The topological polar surface area (TPSA) is 68.5 Å². The van der Waals surface area contributed by atoms with Crippen molar-refractivity contribution >= 4 is 29.0 Å². The number of hydrogen-bond acceptors (Lipinski definition) is 5. The molecular formula is C21H15F3N4O2S. The summed E-state index contributed by atoms with van der Waals surface area (Å²) in [6, 6.07) is 18.2. The quantitative estimate of drug-likeness (QED) is 0.410. The number of thioether (sulfide) groups is 1. The van der Waals surface area contributed by atoms with Crippen molar-refractivity contribution in [3.05, 3.63) is 78.5 Å². The van der Waals surface area contributed by atoms with Gasteiger partial charge in [0.2, 0.25) is 5.91 Å². The number of anilines is 1. The molecule has 0 unspecified atom stereocenters. The van der Waals surface area contributed by atoms with Crippen molar-refractivity contribution < 1.29 is 22.7 Å². The number of benzene rings is 2. The average molecular weight is 444 g/mol. The summed E-state index contributed by atoms with van der Waals surface area (Å²) in [6.45, 7) is 0. The number of carbonyl (C=O) groups excluding carboxylic acids is 1. The molecule has 1 N–H and O–H groups in total. The van der Waals surface area contributed by atoms with E-state index in [9.17, 15) is 18.0 Å². The van der Waals surface area contributed by atoms with Crippen LogP contribution < -0.4 is 10.1 Å². The number of alkyl halides is 3. The summed E-state index contributed by atoms with van der Waals surface area (Å²) in [5.74, 6) is 0.651. The molecule has 4 rings (SSSR count). The van der Waals surface area contributed by atoms with Gasteiger partial charge in [0.25, 0.3) is 0 Å². The Morgan fingerprint density at radius 1 is 1.00 bits per heavy atom. The van der Waals surface area contributed by atoms with Crippen LogP contribution in [0.25, 0.3) is 5.65 Å². The lowest BCUT2D eigenvalue weighted by Gasteiger charge is -2.12. The predicted octanol–water partition coefficient (Wildman–Crippen LogP) is 5.27. The number of aromatic nitrogens is 3. The van der Waals surface area contributed by atoms with Crippen LogP contribution in [0.4, 0.5) is 18.9 Å². The Bertz CT molecular complexity index is 1210. The summed E-state index contributed by atoms with van der Waals surface area (Å²) in [5.41, 5.74) is -0.0852. The molecule has 0 saturated carbocycles. The van der Waals surface area contributed by atoms with Gasteiger partial charge < -0.3 is 10.1 Å². The number of rotatable bonds is 6. The number of pyridine rings is 1. The normalized spacial score (nSPS) is 11.5. The third-order valence-electron chi connectivity index (χ3n) is 4.16. The van der Waals surface area contributed by atoms with E-state index >= 15 is 0 Å². The van der Waals surface area contributed by atoms with E-state index in [0.29, 0.717) is 17.2 Å². The molecule has 2 heterocycles. The fourth-order valence-corrected chi connectivity index (χ4v) is 3.44. The number of ether oxygens (including phenoxy) is 1. The van der Waals surface area contributed by atoms with Crippen LogP contribution in [0.15, 0.2) is 78.1 Å². The zero-order valence-corrected chi connectivity index (χ0v) is 16.7. The Labute approximate surface area is 179 Å². The minimum absolute atomic E-state index is 0.0727. The van der Waals surface area contributed by atoms with Gasteiger partial charge in [0.05, 0.1) is 17.0 Å². The highest BCUT2D eigenvalue weighted by molar-refractivity contribution is 7.99. The Hall–Kier alpha value is -3.53. The molecule has 0 radical (unpaired) electrons. The first-order chi connectivity index (χ1) is 14.9. The van der Waals surface area contributed by atoms with Crippen LogP contribution >= 0.6 is 11.8 Å². The number of para-hydroxylation sites is 3. The van der Waals surface area contributed by atoms with Crippen LogP contribution in [-0.2, 0) is 11.0 Å². The van der Waals surface area contributed by atoms with Gasteiger partial charge in [-0.25, -0.2) is 0 Å². The number of nitrogens with zero attached hydrogens (tertiary/aromatic N) is 3. The molecular weight excluding hydrogens is 429 g/mol. The molecule has 0 aliphatic rings. The van der Waals surface area contributed by atoms with E-state index in [1.54, 1.807) is 36.4 Å². The molecule has 0 spiro atoms. The van der Waals surface area contributed by atoms with Gasteiger partial charge in [-0.3, -0.25) is 9.20 Å². The minimum Gasteiger partial charge on any atom is -0.455 e. The minimum atomic E-state index is -4.49. The molecule has 0 fully saturated rings. The van der Waals surface area contributed by atoms with Gasteiger partial charge in [0, 0.05) is 6.20 Å². The summed E-state index contributed by atoms with van der Waals surface area (Å²) in [7, 11) is 0. The molecule has 2 aromatic carbocycles. The third-order valence-corrected chi connectivity index (χ3v) is 5.11. The first-order valence-electron chi connectivity index (χ1n) is 9.07. The molecule has 10 heteroatoms. The zero-order chi connectivity index (χ0) is 21.8. The molecule has 0 aliphatic heterocycles. The van der Waals surface area contributed by atoms with E-state index < -0.39 is 11.7 Å². The Balaban J connectivity index is 1.45. The van der Waals surface area contributed by atoms with E-state index in [1.165, 1.54) is 10.5 Å². The fourth-order valence-electron chi connectivity index (χ4n) is 2.73. The molecule has 2 aromatic heterocycles. The molecule has 0 atom stereocenters. The highest BCUT2D eigenvalue weighted by Crippen LogP contribution is 2.31. The Morgan fingerprint density at radius 2 is 1.74 bits per heavy atom. The largest absolute Gasteiger partial charge is 0.455 e. The molecule has 0 bridgehead atoms. The number of amides is 1. The maximum Gasteiger partial charge on any atom is 0.417 e. The van der Waals surface area contributed by atoms with E-state index in [0.717, 1.165) is 24.0 Å². The Morgan fingerprint density at radius 3 is 2.52 bits per heavy atom. The lowest BCUT2D eigenvalue weighted by Crippen LogP contribution is -2.15.